The fraction of sp³-hybridized carbons (Fsp3) is 0.375. The molecule has 0 bridgehead atoms. The molecule has 2 heterocycles. The number of aliphatic carboxylic acids is 1. The van der Waals surface area contributed by atoms with E-state index in [0.29, 0.717) is 13.0 Å². The molecule has 1 aliphatic rings. The highest BCUT2D eigenvalue weighted by molar-refractivity contribution is 5.74. The van der Waals surface area contributed by atoms with Gasteiger partial charge in [-0.2, -0.15) is 0 Å². The molecule has 0 aliphatic carbocycles. The molecule has 2 N–H and O–H groups in total. The Kier molecular flexibility index (Phi) is 1.62. The van der Waals surface area contributed by atoms with Crippen molar-refractivity contribution in [3.8, 4) is 0 Å². The predicted octanol–water partition coefficient (Wildman–Crippen LogP) is 0.379. The molecule has 4 heteroatoms. The maximum atomic E-state index is 10.6. The van der Waals surface area contributed by atoms with Crippen molar-refractivity contribution in [2.24, 2.45) is 0 Å². The lowest BCUT2D eigenvalue weighted by Crippen LogP contribution is -2.41. The number of hydrogen-bond acceptors (Lipinski definition) is 3. The summed E-state index contributed by atoms with van der Waals surface area (Å²) in [5.74, 6) is 0.0503. The first-order chi connectivity index (χ1) is 5.77. The largest absolute Gasteiger partial charge is 0.480 e. The Morgan fingerprint density at radius 1 is 1.75 bits per heavy atom. The Bertz CT molecular complexity index is 305. The van der Waals surface area contributed by atoms with E-state index in [9.17, 15) is 4.79 Å². The van der Waals surface area contributed by atoms with Gasteiger partial charge in [0.2, 0.25) is 0 Å². The minimum absolute atomic E-state index is 0.463. The van der Waals surface area contributed by atoms with Crippen molar-refractivity contribution >= 4 is 5.97 Å². The van der Waals surface area contributed by atoms with E-state index in [1.54, 1.807) is 6.26 Å². The summed E-state index contributed by atoms with van der Waals surface area (Å²) >= 11 is 0. The van der Waals surface area contributed by atoms with E-state index in [4.69, 9.17) is 9.52 Å². The standard InChI is InChI=1S/C8H9NO3/c10-8(11)6-3-5-1-2-12-7(5)4-9-6/h1-2,6,9H,3-4H2,(H,10,11). The molecule has 0 amide bonds. The normalized spacial score (nSPS) is 21.8. The highest BCUT2D eigenvalue weighted by Gasteiger charge is 2.24. The Balaban J connectivity index is 2.20. The fourth-order valence-electron chi connectivity index (χ4n) is 1.39. The summed E-state index contributed by atoms with van der Waals surface area (Å²) in [5.41, 5.74) is 1.00. The van der Waals surface area contributed by atoms with Crippen LogP contribution in [0.4, 0.5) is 0 Å². The minimum atomic E-state index is -0.804. The van der Waals surface area contributed by atoms with Crippen molar-refractivity contribution in [3.05, 3.63) is 23.7 Å². The first-order valence-electron chi connectivity index (χ1n) is 3.79. The molecule has 0 spiro atoms. The number of nitrogens with one attached hydrogen (secondary N) is 1. The number of fused-ring (bicyclic) bond motifs is 1. The molecule has 1 aromatic heterocycles. The SMILES string of the molecule is O=C(O)C1Cc2ccoc2CN1. The van der Waals surface area contributed by atoms with Gasteiger partial charge in [0.05, 0.1) is 12.8 Å². The van der Waals surface area contributed by atoms with Crippen molar-refractivity contribution < 1.29 is 14.3 Å². The van der Waals surface area contributed by atoms with Gasteiger partial charge in [-0.25, -0.2) is 0 Å². The highest BCUT2D eigenvalue weighted by atomic mass is 16.4. The van der Waals surface area contributed by atoms with Crippen molar-refractivity contribution in [3.63, 3.8) is 0 Å². The van der Waals surface area contributed by atoms with E-state index < -0.39 is 12.0 Å². The van der Waals surface area contributed by atoms with E-state index in [1.165, 1.54) is 0 Å². The summed E-state index contributed by atoms with van der Waals surface area (Å²) in [6.07, 6.45) is 2.11. The summed E-state index contributed by atoms with van der Waals surface area (Å²) in [5, 5.41) is 11.6. The summed E-state index contributed by atoms with van der Waals surface area (Å²) in [7, 11) is 0. The van der Waals surface area contributed by atoms with E-state index in [2.05, 4.69) is 5.32 Å². The molecular formula is C8H9NO3. The fourth-order valence-corrected chi connectivity index (χ4v) is 1.39. The average molecular weight is 167 g/mol. The van der Waals surface area contributed by atoms with Crippen LogP contribution in [0.15, 0.2) is 16.7 Å². The lowest BCUT2D eigenvalue weighted by molar-refractivity contribution is -0.139. The molecule has 12 heavy (non-hydrogen) atoms. The molecule has 0 saturated carbocycles. The molecule has 0 aromatic carbocycles. The first-order valence-corrected chi connectivity index (χ1v) is 3.79. The van der Waals surface area contributed by atoms with Crippen molar-refractivity contribution in [1.82, 2.24) is 5.32 Å². The van der Waals surface area contributed by atoms with Crippen LogP contribution in [0.1, 0.15) is 11.3 Å². The van der Waals surface area contributed by atoms with Gasteiger partial charge in [-0.15, -0.1) is 0 Å². The maximum Gasteiger partial charge on any atom is 0.321 e. The Hall–Kier alpha value is -1.29. The molecule has 1 unspecified atom stereocenters. The van der Waals surface area contributed by atoms with Crippen molar-refractivity contribution in [1.29, 1.82) is 0 Å². The van der Waals surface area contributed by atoms with Gasteiger partial charge in [0.1, 0.15) is 11.8 Å². The van der Waals surface area contributed by atoms with Crippen LogP contribution in [0.5, 0.6) is 0 Å². The third kappa shape index (κ3) is 1.10. The molecule has 1 atom stereocenters. The molecule has 0 saturated heterocycles. The maximum absolute atomic E-state index is 10.6. The van der Waals surface area contributed by atoms with Gasteiger partial charge in [0, 0.05) is 6.42 Å². The van der Waals surface area contributed by atoms with Gasteiger partial charge in [-0.3, -0.25) is 10.1 Å². The second-order valence-corrected chi connectivity index (χ2v) is 2.84. The molecule has 1 aromatic rings. The topological polar surface area (TPSA) is 62.5 Å². The van der Waals surface area contributed by atoms with Gasteiger partial charge in [-0.1, -0.05) is 0 Å². The van der Waals surface area contributed by atoms with Crippen molar-refractivity contribution in [2.75, 3.05) is 0 Å². The lowest BCUT2D eigenvalue weighted by atomic mass is 10.0. The minimum Gasteiger partial charge on any atom is -0.480 e. The van der Waals surface area contributed by atoms with Crippen LogP contribution in [-0.4, -0.2) is 17.1 Å². The lowest BCUT2D eigenvalue weighted by Gasteiger charge is -2.18. The van der Waals surface area contributed by atoms with E-state index in [0.717, 1.165) is 11.3 Å². The number of rotatable bonds is 1. The zero-order chi connectivity index (χ0) is 8.55. The van der Waals surface area contributed by atoms with Gasteiger partial charge < -0.3 is 9.52 Å². The van der Waals surface area contributed by atoms with Crippen LogP contribution in [0.2, 0.25) is 0 Å². The third-order valence-corrected chi connectivity index (χ3v) is 2.07. The van der Waals surface area contributed by atoms with Crippen LogP contribution in [0.3, 0.4) is 0 Å². The zero-order valence-electron chi connectivity index (χ0n) is 6.41. The smallest absolute Gasteiger partial charge is 0.321 e. The Labute approximate surface area is 69.2 Å². The Morgan fingerprint density at radius 2 is 2.58 bits per heavy atom. The number of carboxylic acids is 1. The molecule has 1 aliphatic heterocycles. The summed E-state index contributed by atoms with van der Waals surface area (Å²) in [6, 6.07) is 1.36. The second-order valence-electron chi connectivity index (χ2n) is 2.84. The molecule has 0 radical (unpaired) electrons. The molecule has 0 fully saturated rings. The summed E-state index contributed by atoms with van der Waals surface area (Å²) < 4.78 is 5.13. The number of furan rings is 1. The molecule has 4 nitrogen and oxygen atoms in total. The highest BCUT2D eigenvalue weighted by Crippen LogP contribution is 2.17. The Morgan fingerprint density at radius 3 is 3.33 bits per heavy atom. The van der Waals surface area contributed by atoms with E-state index >= 15 is 0 Å². The van der Waals surface area contributed by atoms with Crippen LogP contribution in [0.25, 0.3) is 0 Å². The monoisotopic (exact) mass is 167 g/mol. The van der Waals surface area contributed by atoms with E-state index in [1.807, 2.05) is 6.07 Å². The predicted molar refractivity (Wildman–Crippen MR) is 40.7 cm³/mol. The molecule has 2 rings (SSSR count). The second kappa shape index (κ2) is 2.64. The van der Waals surface area contributed by atoms with Gasteiger partial charge in [0.15, 0.2) is 0 Å². The van der Waals surface area contributed by atoms with Crippen LogP contribution >= 0.6 is 0 Å². The summed E-state index contributed by atoms with van der Waals surface area (Å²) in [4.78, 5) is 10.6. The van der Waals surface area contributed by atoms with Gasteiger partial charge >= 0.3 is 5.97 Å². The van der Waals surface area contributed by atoms with Gasteiger partial charge in [-0.05, 0) is 11.6 Å². The van der Waals surface area contributed by atoms with Crippen molar-refractivity contribution in [2.45, 2.75) is 19.0 Å². The quantitative estimate of drug-likeness (QED) is 0.634. The van der Waals surface area contributed by atoms with Crippen LogP contribution in [0, 0.1) is 0 Å². The average Bonchev–Trinajstić information content (AvgIpc) is 2.49. The van der Waals surface area contributed by atoms with Crippen LogP contribution < -0.4 is 5.32 Å². The summed E-state index contributed by atoms with van der Waals surface area (Å²) in [6.45, 7) is 0.513. The molecular weight excluding hydrogens is 158 g/mol. The number of carboxylic acid groups (broad SMARTS) is 1. The number of carbonyl (C=O) groups is 1. The zero-order valence-corrected chi connectivity index (χ0v) is 6.41. The van der Waals surface area contributed by atoms with Gasteiger partial charge in [0.25, 0.3) is 0 Å². The van der Waals surface area contributed by atoms with Crippen LogP contribution in [-0.2, 0) is 17.8 Å². The third-order valence-electron chi connectivity index (χ3n) is 2.07. The molecule has 64 valence electrons. The van der Waals surface area contributed by atoms with E-state index in [-0.39, 0.29) is 0 Å². The number of hydrogen-bond donors (Lipinski definition) is 2. The first kappa shape index (κ1) is 7.36.